The Morgan fingerprint density at radius 2 is 1.38 bits per heavy atom. The summed E-state index contributed by atoms with van der Waals surface area (Å²) in [6, 6.07) is 4.37. The molecule has 3 heteroatoms. The summed E-state index contributed by atoms with van der Waals surface area (Å²) in [5.41, 5.74) is 0.474. The summed E-state index contributed by atoms with van der Waals surface area (Å²) >= 11 is 0. The number of ether oxygens (including phenoxy) is 2. The van der Waals surface area contributed by atoms with Crippen molar-refractivity contribution in [1.29, 1.82) is 0 Å². The lowest BCUT2D eigenvalue weighted by Gasteiger charge is -2.39. The molecule has 0 N–H and O–H groups in total. The Morgan fingerprint density at radius 1 is 0.905 bits per heavy atom. The van der Waals surface area contributed by atoms with Gasteiger partial charge in [0.2, 0.25) is 0 Å². The molecular weight excluding hydrogens is 276 g/mol. The van der Waals surface area contributed by atoms with Crippen LogP contribution in [0.2, 0.25) is 18.1 Å². The van der Waals surface area contributed by atoms with Crippen molar-refractivity contribution in [2.75, 3.05) is 13.2 Å². The number of epoxide rings is 1. The van der Waals surface area contributed by atoms with E-state index in [1.54, 1.807) is 0 Å². The van der Waals surface area contributed by atoms with Crippen molar-refractivity contribution in [1.82, 2.24) is 0 Å². The second-order valence-electron chi connectivity index (χ2n) is 6.84. The number of rotatable bonds is 14. The van der Waals surface area contributed by atoms with Crippen LogP contribution in [0.15, 0.2) is 0 Å². The fraction of sp³-hybridized carbons (Fsp3) is 1.00. The van der Waals surface area contributed by atoms with Gasteiger partial charge >= 0.3 is 0 Å². The number of unbranched alkanes of at least 4 members (excludes halogenated alkanes) is 3. The lowest BCUT2D eigenvalue weighted by molar-refractivity contribution is 0.0770. The SMILES string of the molecule is CCCC[Si](CCCC)(CCCC)C(OCCC)C1CO1. The van der Waals surface area contributed by atoms with E-state index < -0.39 is 8.07 Å². The molecule has 0 aliphatic carbocycles. The summed E-state index contributed by atoms with van der Waals surface area (Å²) in [6.07, 6.45) is 9.68. The molecule has 21 heavy (non-hydrogen) atoms. The minimum absolute atomic E-state index is 0.439. The molecule has 1 rings (SSSR count). The highest BCUT2D eigenvalue weighted by Crippen LogP contribution is 2.38. The predicted molar refractivity (Wildman–Crippen MR) is 94.7 cm³/mol. The molecule has 0 aromatic rings. The summed E-state index contributed by atoms with van der Waals surface area (Å²) in [7, 11) is -1.37. The maximum Gasteiger partial charge on any atom is 0.104 e. The molecule has 2 unspecified atom stereocenters. The first-order valence-corrected chi connectivity index (χ1v) is 12.2. The molecule has 1 heterocycles. The van der Waals surface area contributed by atoms with E-state index in [0.29, 0.717) is 11.8 Å². The molecular formula is C18H38O2Si. The van der Waals surface area contributed by atoms with E-state index in [0.717, 1.165) is 19.6 Å². The third-order valence-electron chi connectivity index (χ3n) is 4.89. The van der Waals surface area contributed by atoms with Gasteiger partial charge in [0.05, 0.1) is 20.4 Å². The molecule has 0 radical (unpaired) electrons. The summed E-state index contributed by atoms with van der Waals surface area (Å²) in [6.45, 7) is 11.1. The summed E-state index contributed by atoms with van der Waals surface area (Å²) in [5.74, 6) is 0. The zero-order chi connectivity index (χ0) is 15.6. The molecule has 2 nitrogen and oxygen atoms in total. The van der Waals surface area contributed by atoms with E-state index in [-0.39, 0.29) is 0 Å². The Labute approximate surface area is 134 Å². The maximum atomic E-state index is 6.41. The molecule has 0 amide bonds. The van der Waals surface area contributed by atoms with Crippen LogP contribution in [-0.4, -0.2) is 33.1 Å². The van der Waals surface area contributed by atoms with Crippen LogP contribution in [0.1, 0.15) is 72.6 Å². The average molecular weight is 315 g/mol. The highest BCUT2D eigenvalue weighted by molar-refractivity contribution is 6.81. The van der Waals surface area contributed by atoms with Crippen LogP contribution in [0.3, 0.4) is 0 Å². The van der Waals surface area contributed by atoms with Crippen LogP contribution in [0.4, 0.5) is 0 Å². The van der Waals surface area contributed by atoms with Crippen molar-refractivity contribution in [2.45, 2.75) is 103 Å². The minimum Gasteiger partial charge on any atom is -0.379 e. The molecule has 0 aromatic carbocycles. The van der Waals surface area contributed by atoms with E-state index in [4.69, 9.17) is 9.47 Å². The smallest absolute Gasteiger partial charge is 0.104 e. The normalized spacial score (nSPS) is 19.7. The quantitative estimate of drug-likeness (QED) is 0.309. The zero-order valence-corrected chi connectivity index (χ0v) is 16.0. The monoisotopic (exact) mass is 314 g/mol. The summed E-state index contributed by atoms with van der Waals surface area (Å²) < 4.78 is 12.1. The second-order valence-corrected chi connectivity index (χ2v) is 11.6. The summed E-state index contributed by atoms with van der Waals surface area (Å²) in [4.78, 5) is 0. The Kier molecular flexibility index (Phi) is 9.86. The molecule has 0 saturated carbocycles. The van der Waals surface area contributed by atoms with Crippen LogP contribution in [0.25, 0.3) is 0 Å². The highest BCUT2D eigenvalue weighted by Gasteiger charge is 2.48. The van der Waals surface area contributed by atoms with Gasteiger partial charge in [-0.2, -0.15) is 0 Å². The molecule has 1 saturated heterocycles. The molecule has 0 spiro atoms. The van der Waals surface area contributed by atoms with Gasteiger partial charge in [0.15, 0.2) is 0 Å². The standard InChI is InChI=1S/C18H38O2Si/c1-5-9-13-21(14-10-6-2,15-11-7-3)18(17-16-20-17)19-12-8-4/h17-18H,5-16H2,1-4H3. The molecule has 126 valence electrons. The van der Waals surface area contributed by atoms with Gasteiger partial charge < -0.3 is 9.47 Å². The van der Waals surface area contributed by atoms with Crippen LogP contribution in [-0.2, 0) is 9.47 Å². The lowest BCUT2D eigenvalue weighted by atomic mass is 10.4. The van der Waals surface area contributed by atoms with Gasteiger partial charge in [-0.05, 0) is 6.42 Å². The Balaban J connectivity index is 2.84. The lowest BCUT2D eigenvalue weighted by Crippen LogP contribution is -2.52. The van der Waals surface area contributed by atoms with Gasteiger partial charge in [-0.3, -0.25) is 0 Å². The number of hydrogen-bond donors (Lipinski definition) is 0. The Morgan fingerprint density at radius 3 is 1.71 bits per heavy atom. The molecule has 0 bridgehead atoms. The molecule has 0 aromatic heterocycles. The Bertz CT molecular complexity index is 232. The fourth-order valence-electron chi connectivity index (χ4n) is 3.54. The largest absolute Gasteiger partial charge is 0.379 e. The summed E-state index contributed by atoms with van der Waals surface area (Å²) in [5, 5.41) is 0. The van der Waals surface area contributed by atoms with Gasteiger partial charge in [0.25, 0.3) is 0 Å². The third kappa shape index (κ3) is 6.41. The van der Waals surface area contributed by atoms with Crippen LogP contribution in [0.5, 0.6) is 0 Å². The van der Waals surface area contributed by atoms with Gasteiger partial charge in [0, 0.05) is 6.61 Å². The number of hydrogen-bond acceptors (Lipinski definition) is 2. The van der Waals surface area contributed by atoms with Crippen molar-refractivity contribution in [2.24, 2.45) is 0 Å². The van der Waals surface area contributed by atoms with Crippen molar-refractivity contribution in [3.8, 4) is 0 Å². The third-order valence-corrected chi connectivity index (χ3v) is 10.7. The van der Waals surface area contributed by atoms with Crippen molar-refractivity contribution in [3.05, 3.63) is 0 Å². The van der Waals surface area contributed by atoms with Gasteiger partial charge in [-0.25, -0.2) is 0 Å². The first-order chi connectivity index (χ1) is 10.2. The van der Waals surface area contributed by atoms with Gasteiger partial charge in [-0.15, -0.1) is 0 Å². The van der Waals surface area contributed by atoms with E-state index in [1.165, 1.54) is 56.7 Å². The fourth-order valence-corrected chi connectivity index (χ4v) is 9.77. The second kappa shape index (κ2) is 10.8. The van der Waals surface area contributed by atoms with Crippen LogP contribution >= 0.6 is 0 Å². The Hall–Kier alpha value is 0.137. The zero-order valence-electron chi connectivity index (χ0n) is 15.0. The van der Waals surface area contributed by atoms with Crippen LogP contribution in [0, 0.1) is 0 Å². The average Bonchev–Trinajstić information content (AvgIpc) is 3.33. The minimum atomic E-state index is -1.37. The van der Waals surface area contributed by atoms with Crippen LogP contribution < -0.4 is 0 Å². The van der Waals surface area contributed by atoms with E-state index >= 15 is 0 Å². The van der Waals surface area contributed by atoms with Crippen molar-refractivity contribution >= 4 is 8.07 Å². The van der Waals surface area contributed by atoms with E-state index in [9.17, 15) is 0 Å². The first kappa shape index (κ1) is 19.2. The molecule has 1 aliphatic rings. The maximum absolute atomic E-state index is 6.41. The molecule has 2 atom stereocenters. The molecule has 1 fully saturated rings. The van der Waals surface area contributed by atoms with Crippen molar-refractivity contribution < 1.29 is 9.47 Å². The first-order valence-electron chi connectivity index (χ1n) is 9.47. The van der Waals surface area contributed by atoms with E-state index in [2.05, 4.69) is 27.7 Å². The van der Waals surface area contributed by atoms with Gasteiger partial charge in [-0.1, -0.05) is 84.4 Å². The van der Waals surface area contributed by atoms with Crippen molar-refractivity contribution in [3.63, 3.8) is 0 Å². The predicted octanol–water partition coefficient (Wildman–Crippen LogP) is 5.57. The van der Waals surface area contributed by atoms with Gasteiger partial charge in [0.1, 0.15) is 6.10 Å². The highest BCUT2D eigenvalue weighted by atomic mass is 28.3. The topological polar surface area (TPSA) is 21.8 Å². The van der Waals surface area contributed by atoms with E-state index in [1.807, 2.05) is 0 Å². The molecule has 1 aliphatic heterocycles.